The third kappa shape index (κ3) is 7.93. The number of nitrogens with zero attached hydrogens (tertiary/aromatic N) is 1. The van der Waals surface area contributed by atoms with E-state index in [1.165, 1.54) is 7.05 Å². The van der Waals surface area contributed by atoms with Crippen LogP contribution in [0.4, 0.5) is 4.79 Å². The van der Waals surface area contributed by atoms with E-state index < -0.39 is 18.1 Å². The second kappa shape index (κ2) is 11.8. The van der Waals surface area contributed by atoms with Gasteiger partial charge < -0.3 is 19.3 Å². The minimum atomic E-state index is -1.16. The number of amides is 1. The zero-order valence-corrected chi connectivity index (χ0v) is 16.7. The number of carbonyl (C=O) groups is 2. The monoisotopic (exact) mass is 401 g/mol. The van der Waals surface area contributed by atoms with E-state index in [0.29, 0.717) is 6.61 Å². The fourth-order valence-corrected chi connectivity index (χ4v) is 2.50. The second-order valence-electron chi connectivity index (χ2n) is 6.65. The highest BCUT2D eigenvalue weighted by Crippen LogP contribution is 2.07. The van der Waals surface area contributed by atoms with E-state index in [1.807, 2.05) is 67.6 Å². The molecule has 7 nitrogen and oxygen atoms in total. The SMILES string of the molecule is C[C@@H](COC[C@@H](C(=O)O)N(C)C(=O)OCc1ccccc1)OCc1ccccc1. The van der Waals surface area contributed by atoms with Gasteiger partial charge in [-0.3, -0.25) is 4.90 Å². The highest BCUT2D eigenvalue weighted by molar-refractivity contribution is 5.80. The molecule has 156 valence electrons. The maximum atomic E-state index is 12.2. The summed E-state index contributed by atoms with van der Waals surface area (Å²) in [5.74, 6) is -1.16. The Morgan fingerprint density at radius 3 is 2.03 bits per heavy atom. The fraction of sp³-hybridized carbons (Fsp3) is 0.364. The molecule has 29 heavy (non-hydrogen) atoms. The predicted molar refractivity (Wildman–Crippen MR) is 107 cm³/mol. The third-order valence-corrected chi connectivity index (χ3v) is 4.25. The molecule has 2 aromatic rings. The molecule has 1 N–H and O–H groups in total. The Kier molecular flexibility index (Phi) is 9.14. The number of likely N-dealkylation sites (N-methyl/N-ethyl adjacent to an activating group) is 1. The molecule has 0 aliphatic rings. The molecular weight excluding hydrogens is 374 g/mol. The molecule has 0 heterocycles. The van der Waals surface area contributed by atoms with E-state index in [9.17, 15) is 14.7 Å². The maximum absolute atomic E-state index is 12.2. The topological polar surface area (TPSA) is 85.3 Å². The molecule has 0 aromatic heterocycles. The Bertz CT molecular complexity index is 752. The molecular formula is C22H27NO6. The van der Waals surface area contributed by atoms with Crippen LogP contribution in [0.2, 0.25) is 0 Å². The number of aliphatic carboxylic acids is 1. The molecule has 0 fully saturated rings. The Hall–Kier alpha value is -2.90. The molecule has 0 saturated carbocycles. The highest BCUT2D eigenvalue weighted by atomic mass is 16.6. The van der Waals surface area contributed by atoms with Gasteiger partial charge in [0.25, 0.3) is 0 Å². The van der Waals surface area contributed by atoms with E-state index in [4.69, 9.17) is 14.2 Å². The summed E-state index contributed by atoms with van der Waals surface area (Å²) < 4.78 is 16.4. The summed E-state index contributed by atoms with van der Waals surface area (Å²) in [5, 5.41) is 9.43. The average molecular weight is 401 g/mol. The van der Waals surface area contributed by atoms with Crippen LogP contribution in [0.3, 0.4) is 0 Å². The lowest BCUT2D eigenvalue weighted by molar-refractivity contribution is -0.145. The van der Waals surface area contributed by atoms with Crippen molar-refractivity contribution in [2.75, 3.05) is 20.3 Å². The van der Waals surface area contributed by atoms with Crippen molar-refractivity contribution in [2.45, 2.75) is 32.3 Å². The van der Waals surface area contributed by atoms with E-state index in [0.717, 1.165) is 16.0 Å². The Morgan fingerprint density at radius 2 is 1.48 bits per heavy atom. The first-order valence-corrected chi connectivity index (χ1v) is 9.37. The zero-order valence-electron chi connectivity index (χ0n) is 16.7. The van der Waals surface area contributed by atoms with Gasteiger partial charge in [-0.15, -0.1) is 0 Å². The summed E-state index contributed by atoms with van der Waals surface area (Å²) in [5.41, 5.74) is 1.87. The number of carboxylic acid groups (broad SMARTS) is 1. The first-order chi connectivity index (χ1) is 14.0. The molecule has 2 rings (SSSR count). The van der Waals surface area contributed by atoms with Crippen LogP contribution in [0.25, 0.3) is 0 Å². The predicted octanol–water partition coefficient (Wildman–Crippen LogP) is 3.33. The van der Waals surface area contributed by atoms with Gasteiger partial charge in [0.2, 0.25) is 0 Å². The van der Waals surface area contributed by atoms with Gasteiger partial charge in [0.05, 0.1) is 25.9 Å². The van der Waals surface area contributed by atoms with E-state index >= 15 is 0 Å². The number of rotatable bonds is 11. The molecule has 0 spiro atoms. The van der Waals surface area contributed by atoms with Crippen molar-refractivity contribution >= 4 is 12.1 Å². The third-order valence-electron chi connectivity index (χ3n) is 4.25. The summed E-state index contributed by atoms with van der Waals surface area (Å²) in [6.07, 6.45) is -0.946. The van der Waals surface area contributed by atoms with Crippen LogP contribution >= 0.6 is 0 Å². The van der Waals surface area contributed by atoms with Gasteiger partial charge in [0.15, 0.2) is 6.04 Å². The molecule has 0 unspecified atom stereocenters. The van der Waals surface area contributed by atoms with Crippen molar-refractivity contribution < 1.29 is 28.9 Å². The van der Waals surface area contributed by atoms with Crippen LogP contribution in [0.15, 0.2) is 60.7 Å². The maximum Gasteiger partial charge on any atom is 0.410 e. The zero-order chi connectivity index (χ0) is 21.1. The van der Waals surface area contributed by atoms with Crippen molar-refractivity contribution in [3.05, 3.63) is 71.8 Å². The smallest absolute Gasteiger partial charge is 0.410 e. The van der Waals surface area contributed by atoms with Gasteiger partial charge in [-0.05, 0) is 18.1 Å². The van der Waals surface area contributed by atoms with Crippen molar-refractivity contribution in [2.24, 2.45) is 0 Å². The van der Waals surface area contributed by atoms with Gasteiger partial charge in [0, 0.05) is 7.05 Å². The molecule has 2 aromatic carbocycles. The van der Waals surface area contributed by atoms with Crippen molar-refractivity contribution in [3.63, 3.8) is 0 Å². The number of carbonyl (C=O) groups excluding carboxylic acids is 1. The van der Waals surface area contributed by atoms with Crippen LogP contribution in [0.5, 0.6) is 0 Å². The average Bonchev–Trinajstić information content (AvgIpc) is 2.74. The minimum Gasteiger partial charge on any atom is -0.480 e. The van der Waals surface area contributed by atoms with Crippen LogP contribution in [-0.4, -0.2) is 54.5 Å². The normalized spacial score (nSPS) is 12.8. The largest absolute Gasteiger partial charge is 0.480 e. The first-order valence-electron chi connectivity index (χ1n) is 9.37. The van der Waals surface area contributed by atoms with Crippen molar-refractivity contribution in [1.29, 1.82) is 0 Å². The van der Waals surface area contributed by atoms with Gasteiger partial charge in [0.1, 0.15) is 6.61 Å². The lowest BCUT2D eigenvalue weighted by atomic mass is 10.2. The first kappa shape index (κ1) is 22.4. The van der Waals surface area contributed by atoms with E-state index in [-0.39, 0.29) is 25.9 Å². The van der Waals surface area contributed by atoms with Gasteiger partial charge in [-0.2, -0.15) is 0 Å². The standard InChI is InChI=1S/C22H27NO6/c1-17(28-14-18-9-5-3-6-10-18)13-27-16-20(21(24)25)23(2)22(26)29-15-19-11-7-4-8-12-19/h3-12,17,20H,13-16H2,1-2H3,(H,24,25)/t17-,20-/m0/s1. The van der Waals surface area contributed by atoms with Crippen molar-refractivity contribution in [1.82, 2.24) is 4.90 Å². The molecule has 0 saturated heterocycles. The molecule has 1 amide bonds. The van der Waals surface area contributed by atoms with E-state index in [1.54, 1.807) is 0 Å². The Morgan fingerprint density at radius 1 is 0.931 bits per heavy atom. The Balaban J connectivity index is 1.74. The summed E-state index contributed by atoms with van der Waals surface area (Å²) >= 11 is 0. The lowest BCUT2D eigenvalue weighted by Crippen LogP contribution is -2.46. The number of benzene rings is 2. The molecule has 7 heteroatoms. The summed E-state index contributed by atoms with van der Waals surface area (Å²) in [6.45, 7) is 2.41. The van der Waals surface area contributed by atoms with Crippen LogP contribution in [0, 0.1) is 0 Å². The highest BCUT2D eigenvalue weighted by Gasteiger charge is 2.28. The van der Waals surface area contributed by atoms with Crippen LogP contribution in [0.1, 0.15) is 18.1 Å². The quantitative estimate of drug-likeness (QED) is 0.622. The van der Waals surface area contributed by atoms with E-state index in [2.05, 4.69) is 0 Å². The van der Waals surface area contributed by atoms with Gasteiger partial charge in [-0.1, -0.05) is 60.7 Å². The summed E-state index contributed by atoms with van der Waals surface area (Å²) in [7, 11) is 1.38. The second-order valence-corrected chi connectivity index (χ2v) is 6.65. The molecule has 0 aliphatic heterocycles. The number of hydrogen-bond acceptors (Lipinski definition) is 5. The number of hydrogen-bond donors (Lipinski definition) is 1. The lowest BCUT2D eigenvalue weighted by Gasteiger charge is -2.24. The molecule has 2 atom stereocenters. The molecule has 0 radical (unpaired) electrons. The Labute approximate surface area is 170 Å². The minimum absolute atomic E-state index is 0.0710. The van der Waals surface area contributed by atoms with Crippen LogP contribution < -0.4 is 0 Å². The van der Waals surface area contributed by atoms with Crippen LogP contribution in [-0.2, 0) is 32.2 Å². The molecule has 0 aliphatic carbocycles. The number of carboxylic acids is 1. The number of ether oxygens (including phenoxy) is 3. The summed E-state index contributed by atoms with van der Waals surface area (Å²) in [6, 6.07) is 17.7. The van der Waals surface area contributed by atoms with Crippen molar-refractivity contribution in [3.8, 4) is 0 Å². The fourth-order valence-electron chi connectivity index (χ4n) is 2.50. The summed E-state index contributed by atoms with van der Waals surface area (Å²) in [4.78, 5) is 24.8. The van der Waals surface area contributed by atoms with Gasteiger partial charge >= 0.3 is 12.1 Å². The van der Waals surface area contributed by atoms with Gasteiger partial charge in [-0.25, -0.2) is 9.59 Å². The molecule has 0 bridgehead atoms.